The Labute approximate surface area is 120 Å². The monoisotopic (exact) mass is 317 g/mol. The Bertz CT molecular complexity index is 640. The van der Waals surface area contributed by atoms with Crippen molar-refractivity contribution < 1.29 is 23.2 Å². The van der Waals surface area contributed by atoms with Crippen LogP contribution in [-0.4, -0.2) is 53.5 Å². The minimum Gasteiger partial charge on any atom is -0.408 e. The highest BCUT2D eigenvalue weighted by atomic mass is 31.2. The number of hydrogen-bond donors (Lipinski definition) is 1. The highest BCUT2D eigenvalue weighted by molar-refractivity contribution is 7.53. The Morgan fingerprint density at radius 1 is 1.24 bits per heavy atom. The summed E-state index contributed by atoms with van der Waals surface area (Å²) < 4.78 is 27.7. The minimum absolute atomic E-state index is 0.150. The molecule has 0 unspecified atom stereocenters. The minimum atomic E-state index is -3.16. The molecular weight excluding hydrogens is 301 g/mol. The Morgan fingerprint density at radius 3 is 2.71 bits per heavy atom. The second-order valence-electron chi connectivity index (χ2n) is 3.85. The van der Waals surface area contributed by atoms with Gasteiger partial charge in [0.25, 0.3) is 0 Å². The first-order valence-electron chi connectivity index (χ1n) is 5.94. The molecule has 0 atom stereocenters. The molecule has 0 aliphatic heterocycles. The highest BCUT2D eigenvalue weighted by Gasteiger charge is 2.20. The molecule has 0 saturated carbocycles. The van der Waals surface area contributed by atoms with E-state index in [1.54, 1.807) is 0 Å². The third-order valence-corrected chi connectivity index (χ3v) is 4.21. The van der Waals surface area contributed by atoms with Crippen molar-refractivity contribution in [2.24, 2.45) is 0 Å². The summed E-state index contributed by atoms with van der Waals surface area (Å²) in [5.41, 5.74) is 6.58. The van der Waals surface area contributed by atoms with Crippen LogP contribution in [0.3, 0.4) is 0 Å². The lowest BCUT2D eigenvalue weighted by molar-refractivity contribution is 0.0505. The average molecular weight is 317 g/mol. The van der Waals surface area contributed by atoms with Crippen LogP contribution < -0.4 is 10.6 Å². The van der Waals surface area contributed by atoms with Gasteiger partial charge in [-0.3, -0.25) is 4.57 Å². The fourth-order valence-electron chi connectivity index (χ4n) is 1.48. The van der Waals surface area contributed by atoms with Crippen LogP contribution in [0.2, 0.25) is 0 Å². The highest BCUT2D eigenvalue weighted by Crippen LogP contribution is 2.45. The van der Waals surface area contributed by atoms with Gasteiger partial charge in [0, 0.05) is 14.2 Å². The molecule has 21 heavy (non-hydrogen) atoms. The van der Waals surface area contributed by atoms with Crippen LogP contribution in [0.25, 0.3) is 11.2 Å². The van der Waals surface area contributed by atoms with Crippen molar-refractivity contribution in [3.63, 3.8) is 0 Å². The number of nitrogens with zero attached hydrogens (tertiary/aromatic N) is 4. The first-order chi connectivity index (χ1) is 10.1. The SMILES string of the molecule is COP(=O)(COCCOn1cnc2c(N)ncnc21)OC. The van der Waals surface area contributed by atoms with Gasteiger partial charge < -0.3 is 24.4 Å². The van der Waals surface area contributed by atoms with Crippen molar-refractivity contribution in [2.75, 3.05) is 39.5 Å². The van der Waals surface area contributed by atoms with Crippen molar-refractivity contribution in [1.82, 2.24) is 19.7 Å². The number of fused-ring (bicyclic) bond motifs is 1. The number of rotatable bonds is 8. The number of aromatic nitrogens is 4. The first-order valence-corrected chi connectivity index (χ1v) is 7.67. The van der Waals surface area contributed by atoms with Gasteiger partial charge in [0.05, 0.1) is 6.61 Å². The molecule has 0 aliphatic carbocycles. The number of nitrogen functional groups attached to an aromatic ring is 1. The summed E-state index contributed by atoms with van der Waals surface area (Å²) in [6.07, 6.45) is 2.61. The summed E-state index contributed by atoms with van der Waals surface area (Å²) >= 11 is 0. The molecule has 0 bridgehead atoms. The third-order valence-electron chi connectivity index (χ3n) is 2.60. The molecule has 0 spiro atoms. The summed E-state index contributed by atoms with van der Waals surface area (Å²) in [6.45, 7) is 0.389. The molecule has 0 fully saturated rings. The van der Waals surface area contributed by atoms with Crippen molar-refractivity contribution in [1.29, 1.82) is 0 Å². The Hall–Kier alpha value is -1.74. The molecule has 2 heterocycles. The average Bonchev–Trinajstić information content (AvgIpc) is 2.91. The van der Waals surface area contributed by atoms with E-state index in [9.17, 15) is 4.57 Å². The van der Waals surface area contributed by atoms with Gasteiger partial charge >= 0.3 is 7.60 Å². The zero-order chi connectivity index (χ0) is 15.3. The van der Waals surface area contributed by atoms with Crippen LogP contribution in [0.15, 0.2) is 12.7 Å². The summed E-state index contributed by atoms with van der Waals surface area (Å²) in [5, 5.41) is 0. The van der Waals surface area contributed by atoms with E-state index in [0.717, 1.165) is 0 Å². The summed E-state index contributed by atoms with van der Waals surface area (Å²) in [6, 6.07) is 0. The standard InChI is InChI=1S/C10H16N5O5P/c1-17-21(16,18-2)7-19-3-4-20-15-6-14-8-9(11)12-5-13-10(8)15/h5-6H,3-4,7H2,1-2H3,(H2,11,12,13). The predicted octanol–water partition coefficient (Wildman–Crippen LogP) is 0.297. The van der Waals surface area contributed by atoms with Crippen LogP contribution in [0.1, 0.15) is 0 Å². The maximum Gasteiger partial charge on any atom is 0.355 e. The Kier molecular flexibility index (Phi) is 5.07. The Morgan fingerprint density at radius 2 is 2.00 bits per heavy atom. The lowest BCUT2D eigenvalue weighted by Crippen LogP contribution is -2.17. The summed E-state index contributed by atoms with van der Waals surface area (Å²) in [4.78, 5) is 17.3. The number of anilines is 1. The lowest BCUT2D eigenvalue weighted by Gasteiger charge is -2.13. The Balaban J connectivity index is 1.83. The molecule has 0 aromatic carbocycles. The van der Waals surface area contributed by atoms with Gasteiger partial charge in [-0.2, -0.15) is 4.73 Å². The third kappa shape index (κ3) is 3.67. The summed E-state index contributed by atoms with van der Waals surface area (Å²) in [5.74, 6) is 0.278. The maximum atomic E-state index is 11.7. The molecule has 116 valence electrons. The molecule has 11 heteroatoms. The van der Waals surface area contributed by atoms with E-state index in [4.69, 9.17) is 24.4 Å². The van der Waals surface area contributed by atoms with Crippen molar-refractivity contribution in [2.45, 2.75) is 0 Å². The largest absolute Gasteiger partial charge is 0.408 e. The van der Waals surface area contributed by atoms with E-state index in [0.29, 0.717) is 11.2 Å². The molecular formula is C10H16N5O5P. The number of imidazole rings is 1. The first kappa shape index (κ1) is 15.6. The van der Waals surface area contributed by atoms with E-state index in [-0.39, 0.29) is 25.4 Å². The number of ether oxygens (including phenoxy) is 1. The molecule has 2 rings (SSSR count). The van der Waals surface area contributed by atoms with Gasteiger partial charge in [0.1, 0.15) is 25.6 Å². The summed E-state index contributed by atoms with van der Waals surface area (Å²) in [7, 11) is -0.566. The van der Waals surface area contributed by atoms with E-state index in [1.165, 1.54) is 31.6 Å². The molecule has 0 radical (unpaired) electrons. The van der Waals surface area contributed by atoms with E-state index in [2.05, 4.69) is 15.0 Å². The van der Waals surface area contributed by atoms with Crippen LogP contribution >= 0.6 is 7.60 Å². The van der Waals surface area contributed by atoms with Gasteiger partial charge in [-0.25, -0.2) is 15.0 Å². The molecule has 10 nitrogen and oxygen atoms in total. The quantitative estimate of drug-likeness (QED) is 0.540. The van der Waals surface area contributed by atoms with Gasteiger partial charge in [0.2, 0.25) is 5.65 Å². The van der Waals surface area contributed by atoms with Crippen LogP contribution in [0, 0.1) is 0 Å². The van der Waals surface area contributed by atoms with E-state index >= 15 is 0 Å². The number of nitrogens with two attached hydrogens (primary N) is 1. The fraction of sp³-hybridized carbons (Fsp3) is 0.500. The van der Waals surface area contributed by atoms with Crippen LogP contribution in [-0.2, 0) is 18.3 Å². The van der Waals surface area contributed by atoms with Gasteiger partial charge in [-0.1, -0.05) is 0 Å². The van der Waals surface area contributed by atoms with Crippen molar-refractivity contribution in [3.8, 4) is 0 Å². The fourth-order valence-corrected chi connectivity index (χ4v) is 2.19. The van der Waals surface area contributed by atoms with Gasteiger partial charge in [-0.15, -0.1) is 0 Å². The van der Waals surface area contributed by atoms with Crippen molar-refractivity contribution in [3.05, 3.63) is 12.7 Å². The maximum absolute atomic E-state index is 11.7. The second-order valence-corrected chi connectivity index (χ2v) is 6.06. The van der Waals surface area contributed by atoms with Crippen LogP contribution in [0.4, 0.5) is 5.82 Å². The zero-order valence-electron chi connectivity index (χ0n) is 11.6. The molecule has 0 amide bonds. The lowest BCUT2D eigenvalue weighted by atomic mass is 10.5. The topological polar surface area (TPSA) is 124 Å². The van der Waals surface area contributed by atoms with E-state index < -0.39 is 7.60 Å². The van der Waals surface area contributed by atoms with Gasteiger partial charge in [-0.05, 0) is 0 Å². The molecule has 0 saturated heterocycles. The molecule has 0 aliphatic rings. The van der Waals surface area contributed by atoms with E-state index in [1.807, 2.05) is 0 Å². The van der Waals surface area contributed by atoms with Gasteiger partial charge in [0.15, 0.2) is 11.3 Å². The van der Waals surface area contributed by atoms with Crippen LogP contribution in [0.5, 0.6) is 0 Å². The predicted molar refractivity (Wildman–Crippen MR) is 73.6 cm³/mol. The molecule has 2 N–H and O–H groups in total. The molecule has 2 aromatic rings. The normalized spacial score (nSPS) is 11.9. The second kappa shape index (κ2) is 6.81. The molecule has 2 aromatic heterocycles. The van der Waals surface area contributed by atoms with Crippen molar-refractivity contribution >= 4 is 24.6 Å². The zero-order valence-corrected chi connectivity index (χ0v) is 12.5. The smallest absolute Gasteiger partial charge is 0.355 e. The number of hydrogen-bond acceptors (Lipinski definition) is 9.